The van der Waals surface area contributed by atoms with E-state index in [0.717, 1.165) is 47.8 Å². The zero-order valence-corrected chi connectivity index (χ0v) is 18.2. The van der Waals surface area contributed by atoms with E-state index >= 15 is 0 Å². The quantitative estimate of drug-likeness (QED) is 0.236. The lowest BCUT2D eigenvalue weighted by Gasteiger charge is -2.17. The molecule has 1 atom stereocenters. The second kappa shape index (κ2) is 8.09. The van der Waals surface area contributed by atoms with Gasteiger partial charge in [0.05, 0.1) is 11.2 Å². The van der Waals surface area contributed by atoms with Gasteiger partial charge in [-0.2, -0.15) is 0 Å². The van der Waals surface area contributed by atoms with E-state index in [1.807, 2.05) is 54.6 Å². The number of fused-ring (bicyclic) bond motifs is 1. The first-order valence-corrected chi connectivity index (χ1v) is 11.0. The van der Waals surface area contributed by atoms with E-state index in [0.29, 0.717) is 0 Å². The van der Waals surface area contributed by atoms with Gasteiger partial charge in [-0.3, -0.25) is 4.98 Å². The zero-order chi connectivity index (χ0) is 18.8. The minimum atomic E-state index is -0.730. The Kier molecular flexibility index (Phi) is 5.57. The van der Waals surface area contributed by atoms with Crippen LogP contribution in [0, 0.1) is 0 Å². The predicted molar refractivity (Wildman–Crippen MR) is 123 cm³/mol. The number of alkyl halides is 1. The highest BCUT2D eigenvalue weighted by Gasteiger charge is 2.18. The number of benzene rings is 3. The Morgan fingerprint density at radius 2 is 1.59 bits per heavy atom. The molecule has 4 aromatic rings. The van der Waals surface area contributed by atoms with E-state index in [2.05, 4.69) is 62.8 Å². The summed E-state index contributed by atoms with van der Waals surface area (Å²) in [5.41, 5.74) is 5.81. The Bertz CT molecular complexity index is 1080. The third-order valence-corrected chi connectivity index (χ3v) is 5.83. The average Bonchev–Trinajstić information content (AvgIpc) is 2.73. The number of rotatable bonds is 4. The Balaban J connectivity index is 2.01. The van der Waals surface area contributed by atoms with Gasteiger partial charge in [-0.1, -0.05) is 99.2 Å². The third kappa shape index (κ3) is 3.79. The Labute approximate surface area is 180 Å². The van der Waals surface area contributed by atoms with E-state index in [1.165, 1.54) is 0 Å². The molecular formula is C23H17BrINO. The molecule has 0 saturated carbocycles. The number of aromatic nitrogens is 1. The monoisotopic (exact) mass is 529 g/mol. The number of aliphatic hydroxyl groups is 1. The Morgan fingerprint density at radius 1 is 0.926 bits per heavy atom. The maximum atomic E-state index is 11.1. The van der Waals surface area contributed by atoms with Crippen LogP contribution < -0.4 is 0 Å². The van der Waals surface area contributed by atoms with Crippen LogP contribution in [-0.2, 0) is 4.43 Å². The molecule has 27 heavy (non-hydrogen) atoms. The van der Waals surface area contributed by atoms with Crippen LogP contribution in [0.2, 0.25) is 0 Å². The summed E-state index contributed by atoms with van der Waals surface area (Å²) in [5, 5.41) is 12.1. The maximum absolute atomic E-state index is 11.1. The maximum Gasteiger partial charge on any atom is 0.106 e. The van der Waals surface area contributed by atoms with Crippen LogP contribution in [0.15, 0.2) is 83.3 Å². The van der Waals surface area contributed by atoms with Crippen LogP contribution in [0.5, 0.6) is 0 Å². The van der Waals surface area contributed by atoms with Gasteiger partial charge in [0.25, 0.3) is 0 Å². The van der Waals surface area contributed by atoms with Crippen molar-refractivity contribution >= 4 is 49.4 Å². The summed E-state index contributed by atoms with van der Waals surface area (Å²) in [7, 11) is 0. The number of hydrogen-bond acceptors (Lipinski definition) is 2. The smallest absolute Gasteiger partial charge is 0.106 e. The largest absolute Gasteiger partial charge is 0.384 e. The minimum Gasteiger partial charge on any atom is -0.384 e. The van der Waals surface area contributed by atoms with Crippen LogP contribution in [0.25, 0.3) is 22.0 Å². The summed E-state index contributed by atoms with van der Waals surface area (Å²) in [4.78, 5) is 4.88. The van der Waals surface area contributed by atoms with Gasteiger partial charge >= 0.3 is 0 Å². The second-order valence-electron chi connectivity index (χ2n) is 6.37. The number of halogens is 2. The molecule has 0 amide bonds. The van der Waals surface area contributed by atoms with Gasteiger partial charge in [-0.25, -0.2) is 0 Å². The van der Waals surface area contributed by atoms with Crippen LogP contribution >= 0.6 is 38.5 Å². The van der Waals surface area contributed by atoms with Crippen molar-refractivity contribution in [1.82, 2.24) is 4.98 Å². The van der Waals surface area contributed by atoms with Crippen LogP contribution in [0.3, 0.4) is 0 Å². The van der Waals surface area contributed by atoms with E-state index in [9.17, 15) is 5.11 Å². The summed E-state index contributed by atoms with van der Waals surface area (Å²) in [6, 6.07) is 26.3. The molecule has 0 saturated heterocycles. The van der Waals surface area contributed by atoms with Gasteiger partial charge in [0.15, 0.2) is 0 Å². The number of nitrogens with zero attached hydrogens (tertiary/aromatic N) is 1. The zero-order valence-electron chi connectivity index (χ0n) is 14.4. The first-order valence-electron chi connectivity index (χ1n) is 8.65. The Morgan fingerprint density at radius 3 is 2.26 bits per heavy atom. The number of pyridine rings is 1. The summed E-state index contributed by atoms with van der Waals surface area (Å²) in [6.45, 7) is 0. The summed E-state index contributed by atoms with van der Waals surface area (Å²) in [5.74, 6) is 0. The normalized spacial score (nSPS) is 12.3. The van der Waals surface area contributed by atoms with Crippen molar-refractivity contribution in [3.63, 3.8) is 0 Å². The summed E-state index contributed by atoms with van der Waals surface area (Å²) >= 11 is 5.96. The van der Waals surface area contributed by atoms with Crippen molar-refractivity contribution in [2.45, 2.75) is 10.5 Å². The number of aliphatic hydroxyl groups excluding tert-OH is 1. The van der Waals surface area contributed by atoms with Crippen molar-refractivity contribution < 1.29 is 5.11 Å². The van der Waals surface area contributed by atoms with Gasteiger partial charge in [-0.05, 0) is 34.9 Å². The van der Waals surface area contributed by atoms with E-state index < -0.39 is 6.10 Å². The van der Waals surface area contributed by atoms with E-state index in [4.69, 9.17) is 4.98 Å². The average molecular weight is 530 g/mol. The second-order valence-corrected chi connectivity index (χ2v) is 8.04. The fourth-order valence-corrected chi connectivity index (χ4v) is 4.19. The lowest BCUT2D eigenvalue weighted by Crippen LogP contribution is -2.03. The third-order valence-electron chi connectivity index (χ3n) is 4.59. The van der Waals surface area contributed by atoms with Gasteiger partial charge in [0.2, 0.25) is 0 Å². The predicted octanol–water partition coefficient (Wildman–Crippen LogP) is 6.68. The molecule has 0 aliphatic heterocycles. The molecule has 4 rings (SSSR count). The molecule has 0 spiro atoms. The molecule has 0 radical (unpaired) electrons. The molecule has 1 unspecified atom stereocenters. The molecule has 1 aromatic heterocycles. The standard InChI is InChI=1S/C23H17BrINO/c24-17-11-20-19(15-7-3-1-4-8-15)13-18(14-25)26-22(20)21(12-17)23(27)16-9-5-2-6-10-16/h1-13,23,27H,14H2. The molecule has 4 heteroatoms. The summed E-state index contributed by atoms with van der Waals surface area (Å²) in [6.07, 6.45) is -0.730. The highest BCUT2D eigenvalue weighted by molar-refractivity contribution is 14.1. The SMILES string of the molecule is OC(c1ccccc1)c1cc(Br)cc2c(-c3ccccc3)cc(CI)nc12. The summed E-state index contributed by atoms with van der Waals surface area (Å²) < 4.78 is 1.74. The molecule has 2 nitrogen and oxygen atoms in total. The molecule has 0 fully saturated rings. The minimum absolute atomic E-state index is 0.730. The van der Waals surface area contributed by atoms with Gasteiger partial charge in [0.1, 0.15) is 6.10 Å². The van der Waals surface area contributed by atoms with E-state index in [-0.39, 0.29) is 0 Å². The highest BCUT2D eigenvalue weighted by Crippen LogP contribution is 2.36. The lowest BCUT2D eigenvalue weighted by atomic mass is 9.94. The molecule has 0 aliphatic rings. The first-order chi connectivity index (χ1) is 13.2. The van der Waals surface area contributed by atoms with Crippen molar-refractivity contribution in [1.29, 1.82) is 0 Å². The highest BCUT2D eigenvalue weighted by atomic mass is 127. The Hall–Kier alpha value is -1.76. The molecule has 0 bridgehead atoms. The lowest BCUT2D eigenvalue weighted by molar-refractivity contribution is 0.221. The molecule has 0 aliphatic carbocycles. The van der Waals surface area contributed by atoms with Gasteiger partial charge in [0, 0.05) is 19.8 Å². The van der Waals surface area contributed by atoms with Crippen molar-refractivity contribution in [2.75, 3.05) is 0 Å². The topological polar surface area (TPSA) is 33.1 Å². The molecule has 1 heterocycles. The van der Waals surface area contributed by atoms with Gasteiger partial charge < -0.3 is 5.11 Å². The molecule has 1 N–H and O–H groups in total. The van der Waals surface area contributed by atoms with Crippen molar-refractivity contribution in [2.24, 2.45) is 0 Å². The van der Waals surface area contributed by atoms with Crippen molar-refractivity contribution in [3.05, 3.63) is 100 Å². The molecule has 134 valence electrons. The molecule has 3 aromatic carbocycles. The van der Waals surface area contributed by atoms with Crippen LogP contribution in [0.1, 0.15) is 22.9 Å². The first kappa shape index (κ1) is 18.6. The van der Waals surface area contributed by atoms with Crippen molar-refractivity contribution in [3.8, 4) is 11.1 Å². The fraction of sp³-hybridized carbons (Fsp3) is 0.0870. The van der Waals surface area contributed by atoms with Crippen LogP contribution in [-0.4, -0.2) is 10.1 Å². The van der Waals surface area contributed by atoms with E-state index in [1.54, 1.807) is 0 Å². The van der Waals surface area contributed by atoms with Gasteiger partial charge in [-0.15, -0.1) is 0 Å². The van der Waals surface area contributed by atoms with Crippen LogP contribution in [0.4, 0.5) is 0 Å². The molecular weight excluding hydrogens is 513 g/mol. The number of hydrogen-bond donors (Lipinski definition) is 1. The fourth-order valence-electron chi connectivity index (χ4n) is 3.32.